The molecule has 0 bridgehead atoms. The van der Waals surface area contributed by atoms with Crippen LogP contribution in [-0.2, 0) is 11.3 Å². The Morgan fingerprint density at radius 3 is 2.73 bits per heavy atom. The number of rotatable bonds is 7. The standard InChI is InChI=1S/C21H26ClN3O/c1-16(19-9-5-6-10-20(19)22)23-13-21(26)24-18-11-12-25(15-18)14-17-7-3-2-4-8-17/h2-10,16,18,23H,11-15H2,1H3,(H,24,26)/p+2/t16-,18+/m0/s1. The molecule has 138 valence electrons. The lowest BCUT2D eigenvalue weighted by atomic mass is 10.1. The molecule has 1 aliphatic heterocycles. The van der Waals surface area contributed by atoms with Gasteiger partial charge >= 0.3 is 0 Å². The number of amides is 1. The van der Waals surface area contributed by atoms with Crippen molar-refractivity contribution >= 4 is 17.5 Å². The number of hydrogen-bond acceptors (Lipinski definition) is 1. The van der Waals surface area contributed by atoms with Crippen LogP contribution in [0, 0.1) is 0 Å². The zero-order valence-corrected chi connectivity index (χ0v) is 16.0. The van der Waals surface area contributed by atoms with Gasteiger partial charge in [0, 0.05) is 22.6 Å². The number of likely N-dealkylation sites (tertiary alicyclic amines) is 1. The van der Waals surface area contributed by atoms with Gasteiger partial charge in [0.25, 0.3) is 5.91 Å². The minimum absolute atomic E-state index is 0.106. The van der Waals surface area contributed by atoms with Crippen LogP contribution in [0.5, 0.6) is 0 Å². The molecule has 2 aromatic rings. The van der Waals surface area contributed by atoms with Crippen LogP contribution in [0.15, 0.2) is 54.6 Å². The fourth-order valence-electron chi connectivity index (χ4n) is 3.64. The maximum absolute atomic E-state index is 12.3. The van der Waals surface area contributed by atoms with Crippen molar-refractivity contribution in [3.05, 3.63) is 70.7 Å². The van der Waals surface area contributed by atoms with Gasteiger partial charge in [-0.15, -0.1) is 0 Å². The SMILES string of the molecule is C[C@H]([NH2+]CC(=O)N[C@@H]1CC[NH+](Cc2ccccc2)C1)c1ccccc1Cl. The Morgan fingerprint density at radius 2 is 1.96 bits per heavy atom. The molecule has 1 saturated heterocycles. The molecule has 1 unspecified atom stereocenters. The van der Waals surface area contributed by atoms with E-state index < -0.39 is 0 Å². The number of carbonyl (C=O) groups excluding carboxylic acids is 1. The van der Waals surface area contributed by atoms with E-state index in [0.29, 0.717) is 6.54 Å². The zero-order chi connectivity index (χ0) is 18.4. The molecule has 4 nitrogen and oxygen atoms in total. The Hall–Kier alpha value is -1.88. The van der Waals surface area contributed by atoms with Gasteiger partial charge in [-0.2, -0.15) is 0 Å². The lowest BCUT2D eigenvalue weighted by molar-refractivity contribution is -0.901. The lowest BCUT2D eigenvalue weighted by Gasteiger charge is -2.15. The molecule has 0 saturated carbocycles. The fourth-order valence-corrected chi connectivity index (χ4v) is 3.95. The van der Waals surface area contributed by atoms with E-state index in [-0.39, 0.29) is 18.0 Å². The van der Waals surface area contributed by atoms with E-state index in [2.05, 4.69) is 36.5 Å². The average Bonchev–Trinajstić information content (AvgIpc) is 3.07. The van der Waals surface area contributed by atoms with E-state index in [9.17, 15) is 4.79 Å². The van der Waals surface area contributed by atoms with E-state index in [0.717, 1.165) is 36.6 Å². The molecule has 0 aromatic heterocycles. The van der Waals surface area contributed by atoms with Crippen LogP contribution in [0.1, 0.15) is 30.5 Å². The molecule has 1 amide bonds. The van der Waals surface area contributed by atoms with Crippen LogP contribution in [0.4, 0.5) is 0 Å². The summed E-state index contributed by atoms with van der Waals surface area (Å²) in [6, 6.07) is 18.8. The molecule has 1 aliphatic rings. The average molecular weight is 374 g/mol. The van der Waals surface area contributed by atoms with Crippen molar-refractivity contribution in [2.75, 3.05) is 19.6 Å². The van der Waals surface area contributed by atoms with Crippen LogP contribution >= 0.6 is 11.6 Å². The van der Waals surface area contributed by atoms with Crippen molar-refractivity contribution in [3.8, 4) is 0 Å². The van der Waals surface area contributed by atoms with Crippen LogP contribution < -0.4 is 15.5 Å². The normalized spacial score (nSPS) is 20.7. The van der Waals surface area contributed by atoms with Crippen molar-refractivity contribution in [1.29, 1.82) is 0 Å². The molecule has 1 heterocycles. The predicted molar refractivity (Wildman–Crippen MR) is 104 cm³/mol. The van der Waals surface area contributed by atoms with Gasteiger partial charge in [-0.1, -0.05) is 60.1 Å². The third-order valence-electron chi connectivity index (χ3n) is 5.10. The number of nitrogens with two attached hydrogens (primary N) is 1. The second-order valence-electron chi connectivity index (χ2n) is 7.17. The molecule has 3 rings (SSSR count). The molecular weight excluding hydrogens is 346 g/mol. The summed E-state index contributed by atoms with van der Waals surface area (Å²) in [6.07, 6.45) is 1.05. The van der Waals surface area contributed by atoms with Gasteiger partial charge in [0.05, 0.1) is 19.1 Å². The van der Waals surface area contributed by atoms with Crippen molar-refractivity contribution in [1.82, 2.24) is 5.32 Å². The molecule has 2 aromatic carbocycles. The highest BCUT2D eigenvalue weighted by molar-refractivity contribution is 6.31. The second kappa shape index (κ2) is 9.17. The van der Waals surface area contributed by atoms with E-state index in [1.54, 1.807) is 0 Å². The zero-order valence-electron chi connectivity index (χ0n) is 15.2. The smallest absolute Gasteiger partial charge is 0.275 e. The Morgan fingerprint density at radius 1 is 1.23 bits per heavy atom. The van der Waals surface area contributed by atoms with Gasteiger partial charge in [-0.3, -0.25) is 4.79 Å². The highest BCUT2D eigenvalue weighted by Crippen LogP contribution is 2.19. The molecule has 1 fully saturated rings. The second-order valence-corrected chi connectivity index (χ2v) is 7.58. The summed E-state index contributed by atoms with van der Waals surface area (Å²) in [4.78, 5) is 13.8. The van der Waals surface area contributed by atoms with Gasteiger partial charge in [-0.05, 0) is 13.0 Å². The number of hydrogen-bond donors (Lipinski definition) is 3. The van der Waals surface area contributed by atoms with E-state index in [1.807, 2.05) is 35.6 Å². The van der Waals surface area contributed by atoms with Crippen LogP contribution in [0.3, 0.4) is 0 Å². The van der Waals surface area contributed by atoms with Crippen molar-refractivity contribution in [2.45, 2.75) is 32.0 Å². The molecule has 0 aliphatic carbocycles. The third-order valence-corrected chi connectivity index (χ3v) is 5.44. The molecule has 5 heteroatoms. The first kappa shape index (κ1) is 18.9. The number of quaternary nitrogens is 2. The first-order valence-corrected chi connectivity index (χ1v) is 9.74. The predicted octanol–water partition coefficient (Wildman–Crippen LogP) is 0.938. The van der Waals surface area contributed by atoms with Crippen molar-refractivity contribution < 1.29 is 15.0 Å². The summed E-state index contributed by atoms with van der Waals surface area (Å²) in [5.74, 6) is 0.106. The third kappa shape index (κ3) is 5.31. The Kier molecular flexibility index (Phi) is 6.67. The summed E-state index contributed by atoms with van der Waals surface area (Å²) in [7, 11) is 0. The van der Waals surface area contributed by atoms with Gasteiger partial charge in [0.1, 0.15) is 12.6 Å². The number of halogens is 1. The molecule has 0 spiro atoms. The summed E-state index contributed by atoms with van der Waals surface area (Å²) in [5.41, 5.74) is 2.43. The van der Waals surface area contributed by atoms with Crippen LogP contribution in [0.25, 0.3) is 0 Å². The Labute approximate surface area is 160 Å². The molecule has 26 heavy (non-hydrogen) atoms. The minimum atomic E-state index is 0.106. The number of benzene rings is 2. The quantitative estimate of drug-likeness (QED) is 0.664. The van der Waals surface area contributed by atoms with E-state index in [4.69, 9.17) is 11.6 Å². The van der Waals surface area contributed by atoms with Crippen LogP contribution in [0.2, 0.25) is 5.02 Å². The topological polar surface area (TPSA) is 50.1 Å². The van der Waals surface area contributed by atoms with Crippen molar-refractivity contribution in [2.24, 2.45) is 0 Å². The highest BCUT2D eigenvalue weighted by atomic mass is 35.5. The largest absolute Gasteiger partial charge is 0.343 e. The fraction of sp³-hybridized carbons (Fsp3) is 0.381. The maximum Gasteiger partial charge on any atom is 0.275 e. The molecule has 0 radical (unpaired) electrons. The Balaban J connectivity index is 1.41. The molecule has 3 atom stereocenters. The van der Waals surface area contributed by atoms with Gasteiger partial charge in [0.2, 0.25) is 0 Å². The minimum Gasteiger partial charge on any atom is -0.343 e. The van der Waals surface area contributed by atoms with Crippen molar-refractivity contribution in [3.63, 3.8) is 0 Å². The van der Waals surface area contributed by atoms with E-state index >= 15 is 0 Å². The lowest BCUT2D eigenvalue weighted by Crippen LogP contribution is -3.09. The highest BCUT2D eigenvalue weighted by Gasteiger charge is 2.27. The first-order chi connectivity index (χ1) is 12.6. The monoisotopic (exact) mass is 373 g/mol. The van der Waals surface area contributed by atoms with Gasteiger partial charge < -0.3 is 15.5 Å². The number of nitrogens with one attached hydrogen (secondary N) is 2. The Bertz CT molecular complexity index is 722. The van der Waals surface area contributed by atoms with Gasteiger partial charge in [-0.25, -0.2) is 0 Å². The molecular formula is C21H28ClN3O+2. The summed E-state index contributed by atoms with van der Waals surface area (Å²) < 4.78 is 0. The van der Waals surface area contributed by atoms with Gasteiger partial charge in [0.15, 0.2) is 6.54 Å². The number of carbonyl (C=O) groups is 1. The first-order valence-electron chi connectivity index (χ1n) is 9.36. The summed E-state index contributed by atoms with van der Waals surface area (Å²) >= 11 is 6.23. The molecule has 4 N–H and O–H groups in total. The maximum atomic E-state index is 12.3. The summed E-state index contributed by atoms with van der Waals surface area (Å²) in [5, 5.41) is 5.99. The van der Waals surface area contributed by atoms with E-state index in [1.165, 1.54) is 10.5 Å². The summed E-state index contributed by atoms with van der Waals surface area (Å²) in [6.45, 7) is 5.65. The van der Waals surface area contributed by atoms with Crippen LogP contribution in [-0.4, -0.2) is 31.6 Å².